The molecule has 0 aliphatic carbocycles. The molecule has 0 heterocycles. The van der Waals surface area contributed by atoms with Crippen molar-refractivity contribution >= 4 is 34.4 Å². The zero-order chi connectivity index (χ0) is 19.7. The van der Waals surface area contributed by atoms with Crippen LogP contribution in [-0.4, -0.2) is 32.7 Å². The summed E-state index contributed by atoms with van der Waals surface area (Å²) >= 11 is 2.79. The standard InChI is InChI=1S/C18H29N3O3S2/c1-5-6-7-14(3)20-16(22)12-18(17(25)19-4,21-26(23)24)15-10-8-13(2)9-11-15/h8-11,14,21H,5-7,12H2,1-4H3,(H,19,25)(H,20,22)(H,23,24)/p-1. The highest BCUT2D eigenvalue weighted by Gasteiger charge is 2.39. The van der Waals surface area contributed by atoms with E-state index >= 15 is 0 Å². The van der Waals surface area contributed by atoms with Gasteiger partial charge in [-0.1, -0.05) is 61.8 Å². The van der Waals surface area contributed by atoms with Crippen LogP contribution in [0.25, 0.3) is 0 Å². The molecule has 1 rings (SSSR count). The summed E-state index contributed by atoms with van der Waals surface area (Å²) < 4.78 is 25.5. The lowest BCUT2D eigenvalue weighted by molar-refractivity contribution is -0.122. The minimum Gasteiger partial charge on any atom is -0.760 e. The number of hydrogen-bond acceptors (Lipinski definition) is 4. The number of benzene rings is 1. The van der Waals surface area contributed by atoms with Gasteiger partial charge >= 0.3 is 0 Å². The van der Waals surface area contributed by atoms with Gasteiger partial charge in [0.25, 0.3) is 0 Å². The van der Waals surface area contributed by atoms with Gasteiger partial charge in [-0.25, -0.2) is 4.72 Å². The van der Waals surface area contributed by atoms with Crippen molar-refractivity contribution in [1.82, 2.24) is 15.4 Å². The summed E-state index contributed by atoms with van der Waals surface area (Å²) in [7, 11) is 1.61. The molecule has 146 valence electrons. The Kier molecular flexibility index (Phi) is 9.35. The van der Waals surface area contributed by atoms with Gasteiger partial charge in [-0.15, -0.1) is 0 Å². The Morgan fingerprint density at radius 1 is 1.35 bits per heavy atom. The van der Waals surface area contributed by atoms with E-state index in [0.29, 0.717) is 5.56 Å². The summed E-state index contributed by atoms with van der Waals surface area (Å²) in [6.07, 6.45) is 2.81. The van der Waals surface area contributed by atoms with Gasteiger partial charge in [0.05, 0.1) is 6.42 Å². The summed E-state index contributed by atoms with van der Waals surface area (Å²) in [6, 6.07) is 7.30. The van der Waals surface area contributed by atoms with Crippen molar-refractivity contribution in [2.24, 2.45) is 0 Å². The fraction of sp³-hybridized carbons (Fsp3) is 0.556. The second kappa shape index (κ2) is 10.7. The first-order valence-corrected chi connectivity index (χ1v) is 10.2. The smallest absolute Gasteiger partial charge is 0.222 e. The van der Waals surface area contributed by atoms with Crippen LogP contribution >= 0.6 is 12.2 Å². The first kappa shape index (κ1) is 22.7. The Morgan fingerprint density at radius 2 is 1.96 bits per heavy atom. The number of unbranched alkanes of at least 4 members (excludes halogenated alkanes) is 1. The third-order valence-corrected chi connectivity index (χ3v) is 5.31. The number of thiocarbonyl (C=S) groups is 1. The normalized spacial score (nSPS) is 15.6. The zero-order valence-electron chi connectivity index (χ0n) is 15.8. The van der Waals surface area contributed by atoms with Crippen LogP contribution in [0.5, 0.6) is 0 Å². The van der Waals surface area contributed by atoms with Crippen molar-refractivity contribution in [2.75, 3.05) is 7.05 Å². The first-order chi connectivity index (χ1) is 12.2. The highest BCUT2D eigenvalue weighted by atomic mass is 32.2. The number of hydrogen-bond donors (Lipinski definition) is 3. The van der Waals surface area contributed by atoms with Crippen LogP contribution < -0.4 is 15.4 Å². The molecule has 8 heteroatoms. The van der Waals surface area contributed by atoms with Crippen LogP contribution in [-0.2, 0) is 21.6 Å². The Morgan fingerprint density at radius 3 is 2.46 bits per heavy atom. The quantitative estimate of drug-likeness (QED) is 0.415. The van der Waals surface area contributed by atoms with Gasteiger partial charge in [0.15, 0.2) is 0 Å². The summed E-state index contributed by atoms with van der Waals surface area (Å²) in [6.45, 7) is 5.97. The van der Waals surface area contributed by atoms with E-state index in [4.69, 9.17) is 12.2 Å². The molecule has 3 N–H and O–H groups in total. The lowest BCUT2D eigenvalue weighted by Gasteiger charge is -2.36. The average molecular weight is 399 g/mol. The number of nitrogens with one attached hydrogen (secondary N) is 3. The Labute approximate surface area is 163 Å². The SMILES string of the molecule is CCCCC(C)NC(=O)CC(NS(=O)[O-])(C(=S)NC)c1ccc(C)cc1. The van der Waals surface area contributed by atoms with Crippen LogP contribution in [0.3, 0.4) is 0 Å². The molecule has 0 fully saturated rings. The van der Waals surface area contributed by atoms with Crippen molar-refractivity contribution in [3.05, 3.63) is 35.4 Å². The zero-order valence-corrected chi connectivity index (χ0v) is 17.4. The summed E-state index contributed by atoms with van der Waals surface area (Å²) in [5, 5.41) is 5.77. The molecular weight excluding hydrogens is 370 g/mol. The molecule has 6 nitrogen and oxygen atoms in total. The number of aryl methyl sites for hydroxylation is 1. The second-order valence-corrected chi connectivity index (χ2v) is 7.56. The molecular formula is C18H28N3O3S2-. The van der Waals surface area contributed by atoms with Crippen molar-refractivity contribution in [3.63, 3.8) is 0 Å². The van der Waals surface area contributed by atoms with Gasteiger partial charge < -0.3 is 15.2 Å². The Balaban J connectivity index is 3.17. The predicted molar refractivity (Wildman–Crippen MR) is 108 cm³/mol. The molecule has 0 aliphatic heterocycles. The van der Waals surface area contributed by atoms with E-state index in [1.54, 1.807) is 19.2 Å². The highest BCUT2D eigenvalue weighted by Crippen LogP contribution is 2.28. The fourth-order valence-electron chi connectivity index (χ4n) is 2.80. The molecule has 0 spiro atoms. The number of likely N-dealkylation sites (N-methyl/N-ethyl adjacent to an activating group) is 1. The van der Waals surface area contributed by atoms with Crippen LogP contribution in [0.2, 0.25) is 0 Å². The molecule has 1 aromatic rings. The van der Waals surface area contributed by atoms with E-state index in [1.165, 1.54) is 0 Å². The molecule has 26 heavy (non-hydrogen) atoms. The maximum atomic E-state index is 12.6. The summed E-state index contributed by atoms with van der Waals surface area (Å²) in [5.41, 5.74) is 0.306. The van der Waals surface area contributed by atoms with Gasteiger partial charge in [-0.2, -0.15) is 0 Å². The van der Waals surface area contributed by atoms with E-state index < -0.39 is 16.8 Å². The molecule has 3 atom stereocenters. The lowest BCUT2D eigenvalue weighted by Crippen LogP contribution is -2.56. The maximum Gasteiger partial charge on any atom is 0.222 e. The van der Waals surface area contributed by atoms with E-state index in [2.05, 4.69) is 22.3 Å². The summed E-state index contributed by atoms with van der Waals surface area (Å²) in [4.78, 5) is 12.9. The van der Waals surface area contributed by atoms with E-state index in [1.807, 2.05) is 26.0 Å². The maximum absolute atomic E-state index is 12.6. The van der Waals surface area contributed by atoms with Gasteiger partial charge in [0.2, 0.25) is 5.91 Å². The molecule has 0 bridgehead atoms. The number of carbonyl (C=O) groups is 1. The molecule has 1 amide bonds. The first-order valence-electron chi connectivity index (χ1n) is 8.71. The molecule has 0 aromatic heterocycles. The van der Waals surface area contributed by atoms with Crippen LogP contribution in [0.15, 0.2) is 24.3 Å². The van der Waals surface area contributed by atoms with Gasteiger partial charge in [0.1, 0.15) is 10.5 Å². The number of amides is 1. The van der Waals surface area contributed by atoms with Crippen molar-refractivity contribution < 1.29 is 13.6 Å². The van der Waals surface area contributed by atoms with Gasteiger partial charge in [0, 0.05) is 24.4 Å². The monoisotopic (exact) mass is 398 g/mol. The van der Waals surface area contributed by atoms with Crippen molar-refractivity contribution in [3.8, 4) is 0 Å². The molecule has 1 aromatic carbocycles. The van der Waals surface area contributed by atoms with E-state index in [0.717, 1.165) is 24.8 Å². The van der Waals surface area contributed by atoms with Gasteiger partial charge in [-0.3, -0.25) is 9.00 Å². The highest BCUT2D eigenvalue weighted by molar-refractivity contribution is 7.80. The van der Waals surface area contributed by atoms with E-state index in [-0.39, 0.29) is 23.4 Å². The Bertz CT molecular complexity index is 637. The molecule has 3 unspecified atom stereocenters. The third kappa shape index (κ3) is 6.42. The minimum atomic E-state index is -2.60. The predicted octanol–water partition coefficient (Wildman–Crippen LogP) is 2.21. The van der Waals surface area contributed by atoms with E-state index in [9.17, 15) is 13.6 Å². The third-order valence-electron chi connectivity index (χ3n) is 4.24. The number of carbonyl (C=O) groups excluding carboxylic acids is 1. The second-order valence-electron chi connectivity index (χ2n) is 6.47. The average Bonchev–Trinajstić information content (AvgIpc) is 2.58. The van der Waals surface area contributed by atoms with Crippen molar-refractivity contribution in [1.29, 1.82) is 0 Å². The minimum absolute atomic E-state index is 0.0130. The van der Waals surface area contributed by atoms with Crippen LogP contribution in [0.1, 0.15) is 50.7 Å². The van der Waals surface area contributed by atoms with Crippen molar-refractivity contribution in [2.45, 2.75) is 58.0 Å². The molecule has 0 aliphatic rings. The topological polar surface area (TPSA) is 93.3 Å². The molecule has 0 radical (unpaired) electrons. The lowest BCUT2D eigenvalue weighted by atomic mass is 9.86. The summed E-state index contributed by atoms with van der Waals surface area (Å²) in [5.74, 6) is -0.260. The molecule has 0 saturated carbocycles. The number of rotatable bonds is 10. The van der Waals surface area contributed by atoms with Crippen LogP contribution in [0, 0.1) is 6.92 Å². The Hall–Kier alpha value is -1.35. The fourth-order valence-corrected chi connectivity index (χ4v) is 3.68. The van der Waals surface area contributed by atoms with Crippen LogP contribution in [0.4, 0.5) is 0 Å². The molecule has 0 saturated heterocycles. The largest absolute Gasteiger partial charge is 0.760 e. The van der Waals surface area contributed by atoms with Gasteiger partial charge in [-0.05, 0) is 25.8 Å².